The molecule has 2 unspecified atom stereocenters. The number of hydrogen-bond acceptors (Lipinski definition) is 3. The van der Waals surface area contributed by atoms with Gasteiger partial charge in [0.05, 0.1) is 0 Å². The molecule has 7 heteroatoms. The van der Waals surface area contributed by atoms with Gasteiger partial charge in [-0.3, -0.25) is 4.79 Å². The molecule has 0 amide bonds. The minimum atomic E-state index is -4.72. The lowest BCUT2D eigenvalue weighted by Crippen LogP contribution is -2.40. The maximum absolute atomic E-state index is 12.2. The maximum Gasteiger partial charge on any atom is 0.403 e. The van der Waals surface area contributed by atoms with E-state index in [9.17, 15) is 18.0 Å². The Morgan fingerprint density at radius 1 is 1.44 bits per heavy atom. The molecule has 2 atom stereocenters. The molecule has 96 valence electrons. The summed E-state index contributed by atoms with van der Waals surface area (Å²) in [7, 11) is 1.49. The van der Waals surface area contributed by atoms with Crippen molar-refractivity contribution in [2.75, 3.05) is 26.8 Å². The number of hydrogen-bond donors (Lipinski definition) is 2. The molecule has 0 radical (unpaired) electrons. The Kier molecular flexibility index (Phi) is 6.35. The van der Waals surface area contributed by atoms with Crippen LogP contribution < -0.4 is 5.32 Å². The third-order valence-electron chi connectivity index (χ3n) is 1.99. The van der Waals surface area contributed by atoms with Gasteiger partial charge in [-0.05, 0) is 12.5 Å². The van der Waals surface area contributed by atoms with E-state index < -0.39 is 24.6 Å². The highest BCUT2D eigenvalue weighted by Crippen LogP contribution is 2.25. The van der Waals surface area contributed by atoms with Crippen molar-refractivity contribution in [2.24, 2.45) is 11.8 Å². The summed E-state index contributed by atoms with van der Waals surface area (Å²) in [4.78, 5) is 10.4. The first-order valence-electron chi connectivity index (χ1n) is 4.78. The molecule has 0 aliphatic heterocycles. The van der Waals surface area contributed by atoms with Gasteiger partial charge >= 0.3 is 12.1 Å². The SMILES string of the molecule is COCC(C)CNCC(C(=O)O)C(F)(F)F. The second-order valence-electron chi connectivity index (χ2n) is 3.65. The van der Waals surface area contributed by atoms with Gasteiger partial charge in [-0.15, -0.1) is 0 Å². The fraction of sp³-hybridized carbons (Fsp3) is 0.889. The van der Waals surface area contributed by atoms with Gasteiger partial charge in [0.1, 0.15) is 0 Å². The highest BCUT2D eigenvalue weighted by atomic mass is 19.4. The number of halogens is 3. The summed E-state index contributed by atoms with van der Waals surface area (Å²) in [5.41, 5.74) is 0. The van der Waals surface area contributed by atoms with Crippen molar-refractivity contribution in [3.8, 4) is 0 Å². The molecule has 0 aliphatic rings. The van der Waals surface area contributed by atoms with E-state index in [1.165, 1.54) is 7.11 Å². The molecule has 0 aromatic carbocycles. The minimum absolute atomic E-state index is 0.0349. The van der Waals surface area contributed by atoms with Gasteiger partial charge in [-0.25, -0.2) is 0 Å². The fourth-order valence-corrected chi connectivity index (χ4v) is 1.16. The summed E-state index contributed by atoms with van der Waals surface area (Å²) in [5, 5.41) is 10.9. The molecule has 0 aliphatic carbocycles. The average Bonchev–Trinajstić information content (AvgIpc) is 2.10. The first-order chi connectivity index (χ1) is 7.29. The third kappa shape index (κ3) is 5.92. The lowest BCUT2D eigenvalue weighted by atomic mass is 10.1. The average molecular weight is 243 g/mol. The van der Waals surface area contributed by atoms with Crippen LogP contribution in [0.25, 0.3) is 0 Å². The normalized spacial score (nSPS) is 15.8. The fourth-order valence-electron chi connectivity index (χ4n) is 1.16. The van der Waals surface area contributed by atoms with Crippen LogP contribution in [-0.2, 0) is 9.53 Å². The third-order valence-corrected chi connectivity index (χ3v) is 1.99. The lowest BCUT2D eigenvalue weighted by molar-refractivity contribution is -0.192. The molecule has 0 heterocycles. The van der Waals surface area contributed by atoms with Crippen LogP contribution in [0, 0.1) is 11.8 Å². The summed E-state index contributed by atoms with van der Waals surface area (Å²) >= 11 is 0. The second kappa shape index (κ2) is 6.70. The van der Waals surface area contributed by atoms with Gasteiger partial charge in [-0.2, -0.15) is 13.2 Å². The van der Waals surface area contributed by atoms with E-state index in [4.69, 9.17) is 9.84 Å². The molecule has 0 bridgehead atoms. The van der Waals surface area contributed by atoms with Crippen LogP contribution in [0.1, 0.15) is 6.92 Å². The summed E-state index contributed by atoms with van der Waals surface area (Å²) < 4.78 is 41.4. The van der Waals surface area contributed by atoms with Crippen LogP contribution in [0.3, 0.4) is 0 Å². The van der Waals surface area contributed by atoms with Crippen molar-refractivity contribution >= 4 is 5.97 Å². The lowest BCUT2D eigenvalue weighted by Gasteiger charge is -2.18. The Morgan fingerprint density at radius 2 is 2.00 bits per heavy atom. The summed E-state index contributed by atoms with van der Waals surface area (Å²) in [6, 6.07) is 0. The first kappa shape index (κ1) is 15.2. The zero-order valence-electron chi connectivity index (χ0n) is 9.17. The molecular formula is C9H16F3NO3. The summed E-state index contributed by atoms with van der Waals surface area (Å²) in [5.74, 6) is -4.19. The van der Waals surface area contributed by atoms with Crippen molar-refractivity contribution in [2.45, 2.75) is 13.1 Å². The van der Waals surface area contributed by atoms with Crippen LogP contribution in [0.5, 0.6) is 0 Å². The summed E-state index contributed by atoms with van der Waals surface area (Å²) in [6.45, 7) is 1.87. The number of carbonyl (C=O) groups is 1. The molecule has 16 heavy (non-hydrogen) atoms. The molecule has 4 nitrogen and oxygen atoms in total. The van der Waals surface area contributed by atoms with E-state index in [1.54, 1.807) is 6.92 Å². The monoisotopic (exact) mass is 243 g/mol. The number of nitrogens with one attached hydrogen (secondary N) is 1. The Morgan fingerprint density at radius 3 is 2.38 bits per heavy atom. The molecular weight excluding hydrogens is 227 g/mol. The van der Waals surface area contributed by atoms with Crippen LogP contribution in [0.4, 0.5) is 13.2 Å². The zero-order valence-corrected chi connectivity index (χ0v) is 9.17. The Bertz CT molecular complexity index is 221. The number of methoxy groups -OCH3 is 1. The van der Waals surface area contributed by atoms with E-state index in [2.05, 4.69) is 5.32 Å². The minimum Gasteiger partial charge on any atom is -0.481 e. The first-order valence-corrected chi connectivity index (χ1v) is 4.78. The number of carboxylic acid groups (broad SMARTS) is 1. The highest BCUT2D eigenvalue weighted by molar-refractivity contribution is 5.71. The topological polar surface area (TPSA) is 58.6 Å². The highest BCUT2D eigenvalue weighted by Gasteiger charge is 2.44. The second-order valence-corrected chi connectivity index (χ2v) is 3.65. The van der Waals surface area contributed by atoms with Crippen molar-refractivity contribution in [1.82, 2.24) is 5.32 Å². The van der Waals surface area contributed by atoms with E-state index in [-0.39, 0.29) is 12.5 Å². The molecule has 0 aromatic rings. The maximum atomic E-state index is 12.2. The standard InChI is InChI=1S/C9H16F3NO3/c1-6(5-16-2)3-13-4-7(8(14)15)9(10,11)12/h6-7,13H,3-5H2,1-2H3,(H,14,15). The molecule has 0 saturated heterocycles. The Labute approximate surface area is 91.8 Å². The number of aliphatic carboxylic acids is 1. The van der Waals surface area contributed by atoms with Crippen molar-refractivity contribution in [3.63, 3.8) is 0 Å². The Balaban J connectivity index is 4.00. The quantitative estimate of drug-likeness (QED) is 0.703. The number of carboxylic acids is 1. The van der Waals surface area contributed by atoms with Gasteiger partial charge in [0.25, 0.3) is 0 Å². The number of rotatable bonds is 7. The van der Waals surface area contributed by atoms with Gasteiger partial charge in [0.2, 0.25) is 0 Å². The van der Waals surface area contributed by atoms with Gasteiger partial charge in [-0.1, -0.05) is 6.92 Å². The Hall–Kier alpha value is -0.820. The largest absolute Gasteiger partial charge is 0.481 e. The molecule has 0 rings (SSSR count). The van der Waals surface area contributed by atoms with E-state index >= 15 is 0 Å². The molecule has 2 N–H and O–H groups in total. The smallest absolute Gasteiger partial charge is 0.403 e. The van der Waals surface area contributed by atoms with Crippen LogP contribution in [-0.4, -0.2) is 44.1 Å². The van der Waals surface area contributed by atoms with E-state index in [0.29, 0.717) is 6.61 Å². The van der Waals surface area contributed by atoms with Gasteiger partial charge < -0.3 is 15.2 Å². The van der Waals surface area contributed by atoms with E-state index in [1.807, 2.05) is 0 Å². The van der Waals surface area contributed by atoms with Crippen molar-refractivity contribution in [3.05, 3.63) is 0 Å². The van der Waals surface area contributed by atoms with Crippen molar-refractivity contribution < 1.29 is 27.8 Å². The van der Waals surface area contributed by atoms with Crippen LogP contribution in [0.2, 0.25) is 0 Å². The van der Waals surface area contributed by atoms with Crippen LogP contribution >= 0.6 is 0 Å². The number of alkyl halides is 3. The predicted octanol–water partition coefficient (Wildman–Crippen LogP) is 1.12. The predicted molar refractivity (Wildman–Crippen MR) is 51.1 cm³/mol. The molecule has 0 saturated carbocycles. The zero-order chi connectivity index (χ0) is 12.8. The number of ether oxygens (including phenoxy) is 1. The van der Waals surface area contributed by atoms with E-state index in [0.717, 1.165) is 0 Å². The van der Waals surface area contributed by atoms with Gasteiger partial charge in [0.15, 0.2) is 5.92 Å². The van der Waals surface area contributed by atoms with Gasteiger partial charge in [0, 0.05) is 20.3 Å². The molecule has 0 aromatic heterocycles. The molecule has 0 spiro atoms. The molecule has 0 fully saturated rings. The summed E-state index contributed by atoms with van der Waals surface area (Å²) in [6.07, 6.45) is -4.72. The van der Waals surface area contributed by atoms with Crippen LogP contribution in [0.15, 0.2) is 0 Å². The van der Waals surface area contributed by atoms with Crippen molar-refractivity contribution in [1.29, 1.82) is 0 Å².